The molecule has 0 amide bonds. The molecular formula is C14H21N. The molecule has 0 heterocycles. The van der Waals surface area contributed by atoms with Gasteiger partial charge in [-0.3, -0.25) is 0 Å². The molecule has 0 atom stereocenters. The van der Waals surface area contributed by atoms with Gasteiger partial charge in [-0.05, 0) is 37.3 Å². The molecule has 1 aromatic rings. The summed E-state index contributed by atoms with van der Waals surface area (Å²) in [6.45, 7) is 3.44. The molecule has 1 aliphatic rings. The van der Waals surface area contributed by atoms with Crippen molar-refractivity contribution in [1.82, 2.24) is 5.32 Å². The second kappa shape index (κ2) is 5.32. The van der Waals surface area contributed by atoms with Crippen LogP contribution in [0.25, 0.3) is 0 Å². The Labute approximate surface area is 92.9 Å². The maximum atomic E-state index is 3.62. The fourth-order valence-electron chi connectivity index (χ4n) is 2.26. The molecule has 0 bridgehead atoms. The van der Waals surface area contributed by atoms with Gasteiger partial charge in [0.2, 0.25) is 0 Å². The van der Waals surface area contributed by atoms with Crippen LogP contribution in [-0.4, -0.2) is 12.6 Å². The number of rotatable bonds is 5. The van der Waals surface area contributed by atoms with Crippen LogP contribution in [0.2, 0.25) is 0 Å². The highest BCUT2D eigenvalue weighted by atomic mass is 14.9. The highest BCUT2D eigenvalue weighted by molar-refractivity contribution is 5.22. The molecule has 1 heteroatoms. The predicted molar refractivity (Wildman–Crippen MR) is 65.1 cm³/mol. The lowest BCUT2D eigenvalue weighted by Gasteiger charge is -2.36. The van der Waals surface area contributed by atoms with Gasteiger partial charge in [0.05, 0.1) is 0 Å². The zero-order valence-corrected chi connectivity index (χ0v) is 9.58. The van der Waals surface area contributed by atoms with Gasteiger partial charge in [0.25, 0.3) is 0 Å². The Bertz CT molecular complexity index is 275. The minimum absolute atomic E-state index is 0.779. The van der Waals surface area contributed by atoms with E-state index in [9.17, 15) is 0 Å². The van der Waals surface area contributed by atoms with Crippen molar-refractivity contribution in [3.05, 3.63) is 35.9 Å². The standard InChI is InChI=1S/C14H21N/c1-2-3-9-15-14-10-13(11-14)12-7-5-4-6-8-12/h4-8,13-15H,2-3,9-11H2,1H3. The molecule has 0 spiro atoms. The Morgan fingerprint density at radius 3 is 2.60 bits per heavy atom. The Balaban J connectivity index is 1.70. The molecule has 0 radical (unpaired) electrons. The smallest absolute Gasteiger partial charge is 0.00787 e. The molecule has 1 aliphatic carbocycles. The SMILES string of the molecule is CCCCNC1CC(c2ccccc2)C1. The van der Waals surface area contributed by atoms with Crippen LogP contribution in [0.15, 0.2) is 30.3 Å². The van der Waals surface area contributed by atoms with Gasteiger partial charge in [-0.1, -0.05) is 43.7 Å². The largest absolute Gasteiger partial charge is 0.314 e. The summed E-state index contributed by atoms with van der Waals surface area (Å²) in [5.74, 6) is 0.810. The van der Waals surface area contributed by atoms with Crippen molar-refractivity contribution in [2.45, 2.75) is 44.6 Å². The van der Waals surface area contributed by atoms with Crippen LogP contribution in [-0.2, 0) is 0 Å². The Morgan fingerprint density at radius 2 is 1.93 bits per heavy atom. The fourth-order valence-corrected chi connectivity index (χ4v) is 2.26. The van der Waals surface area contributed by atoms with E-state index in [1.165, 1.54) is 37.8 Å². The van der Waals surface area contributed by atoms with E-state index in [0.717, 1.165) is 12.0 Å². The summed E-state index contributed by atoms with van der Waals surface area (Å²) in [4.78, 5) is 0. The quantitative estimate of drug-likeness (QED) is 0.724. The Kier molecular flexibility index (Phi) is 3.79. The lowest BCUT2D eigenvalue weighted by molar-refractivity contribution is 0.290. The first kappa shape index (κ1) is 10.7. The number of nitrogens with one attached hydrogen (secondary N) is 1. The predicted octanol–water partition coefficient (Wildman–Crippen LogP) is 3.32. The molecule has 1 aromatic carbocycles. The van der Waals surface area contributed by atoms with Crippen molar-refractivity contribution < 1.29 is 0 Å². The number of hydrogen-bond donors (Lipinski definition) is 1. The summed E-state index contributed by atoms with van der Waals surface area (Å²) in [5, 5.41) is 3.62. The first-order chi connectivity index (χ1) is 7.40. The molecule has 1 fully saturated rings. The van der Waals surface area contributed by atoms with Gasteiger partial charge in [0, 0.05) is 6.04 Å². The van der Waals surface area contributed by atoms with Gasteiger partial charge in [-0.25, -0.2) is 0 Å². The van der Waals surface area contributed by atoms with Gasteiger partial charge in [0.15, 0.2) is 0 Å². The first-order valence-electron chi connectivity index (χ1n) is 6.18. The molecule has 0 unspecified atom stereocenters. The van der Waals surface area contributed by atoms with Crippen LogP contribution in [0.1, 0.15) is 44.1 Å². The summed E-state index contributed by atoms with van der Waals surface area (Å²) in [7, 11) is 0. The lowest BCUT2D eigenvalue weighted by Crippen LogP contribution is -2.40. The summed E-state index contributed by atoms with van der Waals surface area (Å²) < 4.78 is 0. The van der Waals surface area contributed by atoms with Crippen LogP contribution in [0.5, 0.6) is 0 Å². The van der Waals surface area contributed by atoms with Crippen molar-refractivity contribution in [3.8, 4) is 0 Å². The number of unbranched alkanes of at least 4 members (excludes halogenated alkanes) is 1. The Hall–Kier alpha value is -0.820. The van der Waals surface area contributed by atoms with Gasteiger partial charge < -0.3 is 5.32 Å². The maximum Gasteiger partial charge on any atom is 0.00787 e. The number of benzene rings is 1. The van der Waals surface area contributed by atoms with Crippen molar-refractivity contribution >= 4 is 0 Å². The van der Waals surface area contributed by atoms with E-state index in [0.29, 0.717) is 0 Å². The first-order valence-corrected chi connectivity index (χ1v) is 6.18. The minimum Gasteiger partial charge on any atom is -0.314 e. The highest BCUT2D eigenvalue weighted by Crippen LogP contribution is 2.36. The van der Waals surface area contributed by atoms with Crippen molar-refractivity contribution in [3.63, 3.8) is 0 Å². The van der Waals surface area contributed by atoms with E-state index in [1.807, 2.05) is 0 Å². The van der Waals surface area contributed by atoms with Gasteiger partial charge in [-0.2, -0.15) is 0 Å². The van der Waals surface area contributed by atoms with E-state index in [1.54, 1.807) is 0 Å². The molecular weight excluding hydrogens is 182 g/mol. The Morgan fingerprint density at radius 1 is 1.20 bits per heavy atom. The molecule has 1 saturated carbocycles. The molecule has 1 nitrogen and oxygen atoms in total. The second-order valence-corrected chi connectivity index (χ2v) is 4.58. The van der Waals surface area contributed by atoms with Crippen molar-refractivity contribution in [1.29, 1.82) is 0 Å². The van der Waals surface area contributed by atoms with E-state index in [2.05, 4.69) is 42.6 Å². The van der Waals surface area contributed by atoms with Gasteiger partial charge in [0.1, 0.15) is 0 Å². The zero-order chi connectivity index (χ0) is 10.5. The molecule has 0 saturated heterocycles. The average molecular weight is 203 g/mol. The van der Waals surface area contributed by atoms with Crippen LogP contribution in [0, 0.1) is 0 Å². The maximum absolute atomic E-state index is 3.62. The average Bonchev–Trinajstić information content (AvgIpc) is 2.23. The van der Waals surface area contributed by atoms with E-state index in [4.69, 9.17) is 0 Å². The van der Waals surface area contributed by atoms with Gasteiger partial charge in [-0.15, -0.1) is 0 Å². The van der Waals surface area contributed by atoms with Crippen LogP contribution in [0.4, 0.5) is 0 Å². The minimum atomic E-state index is 0.779. The summed E-state index contributed by atoms with van der Waals surface area (Å²) in [5.41, 5.74) is 1.52. The monoisotopic (exact) mass is 203 g/mol. The fraction of sp³-hybridized carbons (Fsp3) is 0.571. The van der Waals surface area contributed by atoms with Crippen molar-refractivity contribution in [2.24, 2.45) is 0 Å². The normalized spacial score (nSPS) is 24.9. The summed E-state index contributed by atoms with van der Waals surface area (Å²) in [6, 6.07) is 11.7. The number of hydrogen-bond acceptors (Lipinski definition) is 1. The van der Waals surface area contributed by atoms with Crippen LogP contribution >= 0.6 is 0 Å². The molecule has 15 heavy (non-hydrogen) atoms. The third kappa shape index (κ3) is 2.82. The molecule has 1 N–H and O–H groups in total. The molecule has 82 valence electrons. The summed E-state index contributed by atoms with van der Waals surface area (Å²) in [6.07, 6.45) is 5.26. The van der Waals surface area contributed by atoms with E-state index >= 15 is 0 Å². The van der Waals surface area contributed by atoms with E-state index in [-0.39, 0.29) is 0 Å². The van der Waals surface area contributed by atoms with Gasteiger partial charge >= 0.3 is 0 Å². The van der Waals surface area contributed by atoms with Crippen LogP contribution < -0.4 is 5.32 Å². The third-order valence-electron chi connectivity index (χ3n) is 3.37. The topological polar surface area (TPSA) is 12.0 Å². The molecule has 0 aromatic heterocycles. The second-order valence-electron chi connectivity index (χ2n) is 4.58. The zero-order valence-electron chi connectivity index (χ0n) is 9.58. The van der Waals surface area contributed by atoms with Crippen molar-refractivity contribution in [2.75, 3.05) is 6.54 Å². The van der Waals surface area contributed by atoms with E-state index < -0.39 is 0 Å². The molecule has 0 aliphatic heterocycles. The highest BCUT2D eigenvalue weighted by Gasteiger charge is 2.29. The van der Waals surface area contributed by atoms with Crippen LogP contribution in [0.3, 0.4) is 0 Å². The lowest BCUT2D eigenvalue weighted by atomic mass is 9.76. The molecule has 2 rings (SSSR count). The third-order valence-corrected chi connectivity index (χ3v) is 3.37. The summed E-state index contributed by atoms with van der Waals surface area (Å²) >= 11 is 0.